The van der Waals surface area contributed by atoms with Gasteiger partial charge in [0.05, 0.1) is 21.6 Å². The van der Waals surface area contributed by atoms with E-state index in [1.165, 1.54) is 17.1 Å². The number of nitrogens with zero attached hydrogens (tertiary/aromatic N) is 7. The summed E-state index contributed by atoms with van der Waals surface area (Å²) in [7, 11) is 0. The third kappa shape index (κ3) is 3.92. The van der Waals surface area contributed by atoms with Crippen LogP contribution in [0.15, 0.2) is 41.7 Å². The summed E-state index contributed by atoms with van der Waals surface area (Å²) in [6.45, 7) is 1.75. The van der Waals surface area contributed by atoms with Crippen molar-refractivity contribution in [3.63, 3.8) is 0 Å². The van der Waals surface area contributed by atoms with Crippen LogP contribution in [-0.4, -0.2) is 34.7 Å². The van der Waals surface area contributed by atoms with Crippen molar-refractivity contribution in [3.05, 3.63) is 58.1 Å². The topological polar surface area (TPSA) is 94.3 Å². The van der Waals surface area contributed by atoms with Crippen molar-refractivity contribution in [2.24, 2.45) is 0 Å². The normalized spacial score (nSPS) is 12.9. The van der Waals surface area contributed by atoms with Crippen LogP contribution in [0, 0.1) is 0 Å². The smallest absolute Gasteiger partial charge is 0.360 e. The standard InChI is InChI=1S/C17H11BrClF3N8/c1-8(15-27-7-28-30(15)16-23-4-9(18)5-24-16)29-14-11-2-10(19)3-12(17(20,21)22)13(11)25-6-26-14/h2-8H,1H3,(H,25,26,29)/t8-/m0/s1. The average Bonchev–Trinajstić information content (AvgIpc) is 3.18. The van der Waals surface area contributed by atoms with E-state index in [0.29, 0.717) is 10.3 Å². The van der Waals surface area contributed by atoms with Crippen LogP contribution in [0.5, 0.6) is 0 Å². The zero-order valence-electron chi connectivity index (χ0n) is 15.1. The number of hydrogen-bond acceptors (Lipinski definition) is 7. The van der Waals surface area contributed by atoms with Crippen molar-refractivity contribution in [3.8, 4) is 5.95 Å². The monoisotopic (exact) mass is 498 g/mol. The highest BCUT2D eigenvalue weighted by atomic mass is 79.9. The summed E-state index contributed by atoms with van der Waals surface area (Å²) in [5.41, 5.74) is -1.19. The van der Waals surface area contributed by atoms with Gasteiger partial charge in [-0.1, -0.05) is 11.6 Å². The number of nitrogens with one attached hydrogen (secondary N) is 1. The van der Waals surface area contributed by atoms with Crippen LogP contribution in [0.3, 0.4) is 0 Å². The van der Waals surface area contributed by atoms with E-state index >= 15 is 0 Å². The number of halogens is 5. The Kier molecular flexibility index (Phi) is 5.28. The Hall–Kier alpha value is -2.86. The summed E-state index contributed by atoms with van der Waals surface area (Å²) in [5.74, 6) is 0.892. The van der Waals surface area contributed by atoms with Gasteiger partial charge in [-0.15, -0.1) is 0 Å². The van der Waals surface area contributed by atoms with Crippen molar-refractivity contribution < 1.29 is 13.2 Å². The Balaban J connectivity index is 1.73. The molecule has 1 N–H and O–H groups in total. The van der Waals surface area contributed by atoms with Crippen LogP contribution >= 0.6 is 27.5 Å². The van der Waals surface area contributed by atoms with Gasteiger partial charge in [-0.05, 0) is 35.0 Å². The van der Waals surface area contributed by atoms with Gasteiger partial charge in [-0.2, -0.15) is 23.0 Å². The Bertz CT molecular complexity index is 1210. The lowest BCUT2D eigenvalue weighted by Crippen LogP contribution is -2.16. The summed E-state index contributed by atoms with van der Waals surface area (Å²) in [6, 6.07) is 1.71. The second-order valence-corrected chi connectivity index (χ2v) is 7.52. The highest BCUT2D eigenvalue weighted by Gasteiger charge is 2.34. The number of benzene rings is 1. The molecule has 30 heavy (non-hydrogen) atoms. The highest BCUT2D eigenvalue weighted by Crippen LogP contribution is 2.38. The zero-order chi connectivity index (χ0) is 21.5. The van der Waals surface area contributed by atoms with Crippen LogP contribution in [0.4, 0.5) is 19.0 Å². The minimum atomic E-state index is -4.61. The first kappa shape index (κ1) is 20.4. The number of rotatable bonds is 4. The van der Waals surface area contributed by atoms with Crippen LogP contribution in [0.2, 0.25) is 5.02 Å². The van der Waals surface area contributed by atoms with Gasteiger partial charge in [0.2, 0.25) is 0 Å². The minimum Gasteiger partial charge on any atom is -0.360 e. The first-order valence-electron chi connectivity index (χ1n) is 8.40. The van der Waals surface area contributed by atoms with Crippen molar-refractivity contribution in [2.75, 3.05) is 5.32 Å². The maximum Gasteiger partial charge on any atom is 0.418 e. The SMILES string of the molecule is C[C@H](Nc1ncnc2c(C(F)(F)F)cc(Cl)cc12)c1ncnn1-c1ncc(Br)cn1. The van der Waals surface area contributed by atoms with Crippen molar-refractivity contribution >= 4 is 44.3 Å². The van der Waals surface area contributed by atoms with Crippen LogP contribution in [0.25, 0.3) is 16.9 Å². The molecule has 0 bridgehead atoms. The quantitative estimate of drug-likeness (QED) is 0.438. The predicted octanol–water partition coefficient (Wildman–Crippen LogP) is 4.61. The number of fused-ring (bicyclic) bond motifs is 1. The molecule has 0 aliphatic carbocycles. The predicted molar refractivity (Wildman–Crippen MR) is 106 cm³/mol. The van der Waals surface area contributed by atoms with E-state index < -0.39 is 17.8 Å². The van der Waals surface area contributed by atoms with E-state index in [4.69, 9.17) is 11.6 Å². The third-order valence-corrected chi connectivity index (χ3v) is 4.75. The van der Waals surface area contributed by atoms with Crippen molar-refractivity contribution in [1.29, 1.82) is 0 Å². The molecule has 0 aliphatic heterocycles. The van der Waals surface area contributed by atoms with Gasteiger partial charge in [0.25, 0.3) is 5.95 Å². The maximum absolute atomic E-state index is 13.4. The molecule has 1 aromatic carbocycles. The lowest BCUT2D eigenvalue weighted by molar-refractivity contribution is -0.136. The molecular formula is C17H11BrClF3N8. The minimum absolute atomic E-state index is 0.0771. The van der Waals surface area contributed by atoms with E-state index in [1.54, 1.807) is 19.3 Å². The summed E-state index contributed by atoms with van der Waals surface area (Å²) < 4.78 is 42.3. The van der Waals surface area contributed by atoms with Gasteiger partial charge in [0, 0.05) is 22.8 Å². The molecule has 0 unspecified atom stereocenters. The molecule has 1 atom stereocenters. The molecule has 4 aromatic rings. The molecule has 3 aromatic heterocycles. The molecule has 3 heterocycles. The Morgan fingerprint density at radius 1 is 1.07 bits per heavy atom. The van der Waals surface area contributed by atoms with Gasteiger partial charge in [0.1, 0.15) is 18.5 Å². The molecular weight excluding hydrogens is 489 g/mol. The van der Waals surface area contributed by atoms with Gasteiger partial charge >= 0.3 is 6.18 Å². The Morgan fingerprint density at radius 3 is 2.50 bits per heavy atom. The summed E-state index contributed by atoms with van der Waals surface area (Å²) in [6.07, 6.45) is 0.896. The van der Waals surface area contributed by atoms with Crippen LogP contribution in [0.1, 0.15) is 24.4 Å². The number of alkyl halides is 3. The van der Waals surface area contributed by atoms with E-state index in [0.717, 1.165) is 12.4 Å². The van der Waals surface area contributed by atoms with Crippen molar-refractivity contribution in [1.82, 2.24) is 34.7 Å². The number of aromatic nitrogens is 7. The molecule has 8 nitrogen and oxygen atoms in total. The maximum atomic E-state index is 13.4. The third-order valence-electron chi connectivity index (χ3n) is 4.12. The molecule has 0 saturated heterocycles. The Morgan fingerprint density at radius 2 is 1.80 bits per heavy atom. The summed E-state index contributed by atoms with van der Waals surface area (Å²) in [4.78, 5) is 20.5. The zero-order valence-corrected chi connectivity index (χ0v) is 17.4. The van der Waals surface area contributed by atoms with Crippen LogP contribution in [-0.2, 0) is 6.18 Å². The largest absolute Gasteiger partial charge is 0.418 e. The van der Waals surface area contributed by atoms with Gasteiger partial charge in [-0.3, -0.25) is 0 Å². The molecule has 13 heteroatoms. The second-order valence-electron chi connectivity index (χ2n) is 6.17. The van der Waals surface area contributed by atoms with E-state index in [1.807, 2.05) is 0 Å². The first-order valence-corrected chi connectivity index (χ1v) is 9.57. The van der Waals surface area contributed by atoms with Gasteiger partial charge in [-0.25, -0.2) is 24.9 Å². The van der Waals surface area contributed by atoms with E-state index in [9.17, 15) is 13.2 Å². The Labute approximate surface area is 180 Å². The molecule has 0 fully saturated rings. The van der Waals surface area contributed by atoms with Crippen molar-refractivity contribution in [2.45, 2.75) is 19.1 Å². The summed E-state index contributed by atoms with van der Waals surface area (Å²) in [5, 5.41) is 7.23. The van der Waals surface area contributed by atoms with Gasteiger partial charge in [0.15, 0.2) is 5.82 Å². The second kappa shape index (κ2) is 7.76. The molecule has 4 rings (SSSR count). The fourth-order valence-electron chi connectivity index (χ4n) is 2.85. The van der Waals surface area contributed by atoms with Crippen LogP contribution < -0.4 is 5.32 Å². The fourth-order valence-corrected chi connectivity index (χ4v) is 3.27. The van der Waals surface area contributed by atoms with E-state index in [2.05, 4.69) is 51.3 Å². The van der Waals surface area contributed by atoms with Gasteiger partial charge < -0.3 is 5.32 Å². The molecule has 0 aliphatic rings. The van der Waals surface area contributed by atoms with E-state index in [-0.39, 0.29) is 27.7 Å². The number of anilines is 1. The molecule has 0 radical (unpaired) electrons. The summed E-state index contributed by atoms with van der Waals surface area (Å²) >= 11 is 9.19. The molecule has 0 saturated carbocycles. The molecule has 0 amide bonds. The fraction of sp³-hybridized carbons (Fsp3) is 0.176. The molecule has 0 spiro atoms. The lowest BCUT2D eigenvalue weighted by atomic mass is 10.1. The lowest BCUT2D eigenvalue weighted by Gasteiger charge is -2.17. The number of hydrogen-bond donors (Lipinski definition) is 1. The first-order chi connectivity index (χ1) is 14.2. The highest BCUT2D eigenvalue weighted by molar-refractivity contribution is 9.10. The average molecular weight is 500 g/mol. The molecule has 154 valence electrons.